The summed E-state index contributed by atoms with van der Waals surface area (Å²) in [6.45, 7) is 7.53. The van der Waals surface area contributed by atoms with Gasteiger partial charge in [0.15, 0.2) is 0 Å². The number of hydrogen-bond donors (Lipinski definition) is 5. The van der Waals surface area contributed by atoms with Gasteiger partial charge in [-0.15, -0.1) is 0 Å². The van der Waals surface area contributed by atoms with E-state index in [-0.39, 0.29) is 24.0 Å². The third-order valence-electron chi connectivity index (χ3n) is 6.57. The quantitative estimate of drug-likeness (QED) is 0.309. The van der Waals surface area contributed by atoms with Gasteiger partial charge in [0.1, 0.15) is 23.9 Å². The van der Waals surface area contributed by atoms with Gasteiger partial charge in [-0.1, -0.05) is 46.2 Å². The largest absolute Gasteiger partial charge is 0.508 e. The number of carboxylic acids is 1. The molecule has 1 aliphatic heterocycles. The zero-order chi connectivity index (χ0) is 26.3. The lowest BCUT2D eigenvalue weighted by Gasteiger charge is -2.32. The summed E-state index contributed by atoms with van der Waals surface area (Å²) in [6.07, 6.45) is 1.83. The van der Waals surface area contributed by atoms with Crippen LogP contribution in [0.1, 0.15) is 52.5 Å². The molecule has 10 nitrogen and oxygen atoms in total. The molecule has 0 aliphatic carbocycles. The Morgan fingerprint density at radius 2 is 1.71 bits per heavy atom. The Kier molecular flexibility index (Phi) is 10.1. The summed E-state index contributed by atoms with van der Waals surface area (Å²) in [5.74, 6) is -2.91. The molecule has 194 valence electrons. The molecule has 1 fully saturated rings. The molecule has 1 aliphatic rings. The Balaban J connectivity index is 2.09. The van der Waals surface area contributed by atoms with E-state index in [2.05, 4.69) is 10.6 Å². The standard InChI is InChI=1S/C25H38N4O6/c1-5-15(4)21(25(34)35)28-23(32)19-7-6-12-29(19)24(33)20(14(2)3)27-22(31)18(26)13-16-8-10-17(30)11-9-16/h8-11,14-15,18-21,30H,5-7,12-13,26H2,1-4H3,(H,27,31)(H,28,32)(H,34,35). The molecule has 1 saturated heterocycles. The van der Waals surface area contributed by atoms with Gasteiger partial charge in [0.2, 0.25) is 17.7 Å². The van der Waals surface area contributed by atoms with Crippen molar-refractivity contribution in [2.45, 2.75) is 77.5 Å². The van der Waals surface area contributed by atoms with Crippen LogP contribution >= 0.6 is 0 Å². The Morgan fingerprint density at radius 3 is 2.26 bits per heavy atom. The minimum atomic E-state index is -1.11. The Morgan fingerprint density at radius 1 is 1.09 bits per heavy atom. The zero-order valence-electron chi connectivity index (χ0n) is 20.9. The van der Waals surface area contributed by atoms with Crippen molar-refractivity contribution in [2.24, 2.45) is 17.6 Å². The molecule has 35 heavy (non-hydrogen) atoms. The number of benzene rings is 1. The first-order valence-electron chi connectivity index (χ1n) is 12.1. The number of likely N-dealkylation sites (tertiary alicyclic amines) is 1. The number of amides is 3. The number of phenols is 1. The number of carbonyl (C=O) groups excluding carboxylic acids is 3. The molecule has 1 aromatic carbocycles. The SMILES string of the molecule is CCC(C)C(NC(=O)C1CCCN1C(=O)C(NC(=O)C(N)Cc1ccc(O)cc1)C(C)C)C(=O)O. The van der Waals surface area contributed by atoms with Crippen molar-refractivity contribution in [2.75, 3.05) is 6.54 Å². The van der Waals surface area contributed by atoms with Crippen LogP contribution in [0.5, 0.6) is 5.75 Å². The molecule has 5 atom stereocenters. The topological polar surface area (TPSA) is 162 Å². The molecule has 0 bridgehead atoms. The van der Waals surface area contributed by atoms with Crippen LogP contribution in [0.4, 0.5) is 0 Å². The van der Waals surface area contributed by atoms with Gasteiger partial charge in [0, 0.05) is 6.54 Å². The monoisotopic (exact) mass is 490 g/mol. The third kappa shape index (κ3) is 7.42. The molecule has 1 aromatic rings. The smallest absolute Gasteiger partial charge is 0.326 e. The van der Waals surface area contributed by atoms with Gasteiger partial charge in [-0.25, -0.2) is 4.79 Å². The lowest BCUT2D eigenvalue weighted by molar-refractivity contribution is -0.146. The lowest BCUT2D eigenvalue weighted by Crippen LogP contribution is -2.58. The van der Waals surface area contributed by atoms with E-state index in [0.717, 1.165) is 5.56 Å². The van der Waals surface area contributed by atoms with Crippen molar-refractivity contribution in [1.29, 1.82) is 0 Å². The highest BCUT2D eigenvalue weighted by Crippen LogP contribution is 2.21. The highest BCUT2D eigenvalue weighted by Gasteiger charge is 2.40. The average Bonchev–Trinajstić information content (AvgIpc) is 3.31. The van der Waals surface area contributed by atoms with Gasteiger partial charge in [-0.2, -0.15) is 0 Å². The predicted molar refractivity (Wildman–Crippen MR) is 130 cm³/mol. The Labute approximate surface area is 206 Å². The molecule has 1 heterocycles. The second-order valence-corrected chi connectivity index (χ2v) is 9.61. The van der Waals surface area contributed by atoms with Crippen molar-refractivity contribution >= 4 is 23.7 Å². The highest BCUT2D eigenvalue weighted by atomic mass is 16.4. The first-order chi connectivity index (χ1) is 16.5. The third-order valence-corrected chi connectivity index (χ3v) is 6.57. The van der Waals surface area contributed by atoms with Crippen molar-refractivity contribution < 1.29 is 29.4 Å². The highest BCUT2D eigenvalue weighted by molar-refractivity contribution is 5.94. The summed E-state index contributed by atoms with van der Waals surface area (Å²) in [6, 6.07) is 2.74. The molecular weight excluding hydrogens is 452 g/mol. The number of nitrogens with one attached hydrogen (secondary N) is 2. The maximum absolute atomic E-state index is 13.4. The van der Waals surface area contributed by atoms with E-state index in [0.29, 0.717) is 25.8 Å². The van der Waals surface area contributed by atoms with Crippen molar-refractivity contribution in [3.63, 3.8) is 0 Å². The number of carbonyl (C=O) groups is 4. The molecule has 10 heteroatoms. The van der Waals surface area contributed by atoms with Crippen LogP contribution < -0.4 is 16.4 Å². The second-order valence-electron chi connectivity index (χ2n) is 9.61. The molecule has 0 spiro atoms. The van der Waals surface area contributed by atoms with Crippen LogP contribution in [0.2, 0.25) is 0 Å². The first kappa shape index (κ1) is 28.1. The van der Waals surface area contributed by atoms with Gasteiger partial charge in [-0.3, -0.25) is 14.4 Å². The molecule has 0 saturated carbocycles. The summed E-state index contributed by atoms with van der Waals surface area (Å²) in [7, 11) is 0. The Hall–Kier alpha value is -3.14. The molecular formula is C25H38N4O6. The summed E-state index contributed by atoms with van der Waals surface area (Å²) in [5.41, 5.74) is 6.84. The number of hydrogen-bond acceptors (Lipinski definition) is 6. The molecule has 5 unspecified atom stereocenters. The second kappa shape index (κ2) is 12.5. The fourth-order valence-electron chi connectivity index (χ4n) is 4.17. The molecule has 3 amide bonds. The van der Waals surface area contributed by atoms with Crippen molar-refractivity contribution in [1.82, 2.24) is 15.5 Å². The van der Waals surface area contributed by atoms with Gasteiger partial charge < -0.3 is 31.5 Å². The number of aromatic hydroxyl groups is 1. The zero-order valence-corrected chi connectivity index (χ0v) is 20.9. The molecule has 0 aromatic heterocycles. The van der Waals surface area contributed by atoms with E-state index < -0.39 is 47.9 Å². The van der Waals surface area contributed by atoms with Gasteiger partial charge in [0.05, 0.1) is 6.04 Å². The summed E-state index contributed by atoms with van der Waals surface area (Å²) in [4.78, 5) is 52.2. The number of rotatable bonds is 11. The number of aliphatic carboxylic acids is 1. The number of carboxylic acid groups (broad SMARTS) is 1. The molecule has 6 N–H and O–H groups in total. The number of nitrogens with two attached hydrogens (primary N) is 1. The van der Waals surface area contributed by atoms with Crippen molar-refractivity contribution in [3.05, 3.63) is 29.8 Å². The Bertz CT molecular complexity index is 904. The molecule has 0 radical (unpaired) electrons. The van der Waals surface area contributed by atoms with E-state index in [1.54, 1.807) is 32.9 Å². The lowest BCUT2D eigenvalue weighted by atomic mass is 9.98. The van der Waals surface area contributed by atoms with Crippen molar-refractivity contribution in [3.8, 4) is 5.75 Å². The van der Waals surface area contributed by atoms with Crippen LogP contribution in [-0.2, 0) is 25.6 Å². The summed E-state index contributed by atoms with van der Waals surface area (Å²) in [5, 5.41) is 24.3. The normalized spacial score (nSPS) is 19.0. The average molecular weight is 491 g/mol. The van der Waals surface area contributed by atoms with Gasteiger partial charge >= 0.3 is 5.97 Å². The van der Waals surface area contributed by atoms with E-state index in [4.69, 9.17) is 5.73 Å². The maximum Gasteiger partial charge on any atom is 0.326 e. The van der Waals surface area contributed by atoms with Gasteiger partial charge in [-0.05, 0) is 48.8 Å². The summed E-state index contributed by atoms with van der Waals surface area (Å²) < 4.78 is 0. The predicted octanol–water partition coefficient (Wildman–Crippen LogP) is 1.01. The van der Waals surface area contributed by atoms with Crippen LogP contribution in [0.15, 0.2) is 24.3 Å². The fourth-order valence-corrected chi connectivity index (χ4v) is 4.17. The van der Waals surface area contributed by atoms with Crippen LogP contribution in [-0.4, -0.2) is 69.5 Å². The summed E-state index contributed by atoms with van der Waals surface area (Å²) >= 11 is 0. The van der Waals surface area contributed by atoms with Crippen LogP contribution in [0.3, 0.4) is 0 Å². The number of phenolic OH excluding ortho intramolecular Hbond substituents is 1. The van der Waals surface area contributed by atoms with Crippen LogP contribution in [0.25, 0.3) is 0 Å². The van der Waals surface area contributed by atoms with Crippen LogP contribution in [0, 0.1) is 11.8 Å². The minimum Gasteiger partial charge on any atom is -0.508 e. The minimum absolute atomic E-state index is 0.111. The first-order valence-corrected chi connectivity index (χ1v) is 12.1. The fraction of sp³-hybridized carbons (Fsp3) is 0.600. The van der Waals surface area contributed by atoms with E-state index >= 15 is 0 Å². The van der Waals surface area contributed by atoms with Gasteiger partial charge in [0.25, 0.3) is 0 Å². The van der Waals surface area contributed by atoms with E-state index in [9.17, 15) is 29.4 Å². The maximum atomic E-state index is 13.4. The number of nitrogens with zero attached hydrogens (tertiary/aromatic N) is 1. The van der Waals surface area contributed by atoms with E-state index in [1.165, 1.54) is 17.0 Å². The van der Waals surface area contributed by atoms with E-state index in [1.807, 2.05) is 6.92 Å². The molecule has 2 rings (SSSR count).